The Balaban J connectivity index is 5.11. The molecule has 21 heavy (non-hydrogen) atoms. The third-order valence-electron chi connectivity index (χ3n) is 2.93. The van der Waals surface area contributed by atoms with E-state index in [1.807, 2.05) is 0 Å². The lowest BCUT2D eigenvalue weighted by Gasteiger charge is -2.41. The van der Waals surface area contributed by atoms with Gasteiger partial charge in [-0.1, -0.05) is 6.92 Å². The highest BCUT2D eigenvalue weighted by Crippen LogP contribution is 2.25. The highest BCUT2D eigenvalue weighted by molar-refractivity contribution is 6.88. The van der Waals surface area contributed by atoms with Crippen LogP contribution in [0.25, 0.3) is 0 Å². The molecule has 0 aromatic rings. The van der Waals surface area contributed by atoms with Crippen LogP contribution < -0.4 is 0 Å². The summed E-state index contributed by atoms with van der Waals surface area (Å²) in [7, 11) is -5.18. The maximum absolute atomic E-state index is 6.44. The Morgan fingerprint density at radius 1 is 0.714 bits per heavy atom. The molecule has 0 fully saturated rings. The average Bonchev–Trinajstić information content (AvgIpc) is 2.24. The van der Waals surface area contributed by atoms with Gasteiger partial charge in [0.2, 0.25) is 0 Å². The first-order valence-electron chi connectivity index (χ1n) is 7.45. The van der Waals surface area contributed by atoms with Gasteiger partial charge in [-0.2, -0.15) is 0 Å². The Morgan fingerprint density at radius 3 is 1.57 bits per heavy atom. The highest BCUT2D eigenvalue weighted by Gasteiger charge is 2.47. The van der Waals surface area contributed by atoms with Gasteiger partial charge in [0.15, 0.2) is 8.32 Å². The van der Waals surface area contributed by atoms with E-state index in [1.165, 1.54) is 0 Å². The van der Waals surface area contributed by atoms with Crippen LogP contribution in [0.1, 0.15) is 6.92 Å². The van der Waals surface area contributed by atoms with Gasteiger partial charge in [0.05, 0.1) is 6.23 Å². The second kappa shape index (κ2) is 7.97. The Morgan fingerprint density at radius 2 is 1.24 bits per heavy atom. The minimum Gasteiger partial charge on any atom is -0.437 e. The van der Waals surface area contributed by atoms with Crippen molar-refractivity contribution in [2.75, 3.05) is 20.4 Å². The van der Waals surface area contributed by atoms with Crippen molar-refractivity contribution in [3.8, 4) is 0 Å². The Hall–Kier alpha value is 0.668. The molecule has 0 N–H and O–H groups in total. The molecule has 0 aromatic carbocycles. The van der Waals surface area contributed by atoms with Crippen molar-refractivity contribution in [1.82, 2.24) is 0 Å². The molecular weight excluding hydrogens is 336 g/mol. The van der Waals surface area contributed by atoms with Gasteiger partial charge in [0.25, 0.3) is 0 Å². The minimum absolute atomic E-state index is 0.491. The van der Waals surface area contributed by atoms with Crippen LogP contribution in [0, 0.1) is 0 Å². The summed E-state index contributed by atoms with van der Waals surface area (Å²) in [4.78, 5) is 0. The predicted octanol–water partition coefficient (Wildman–Crippen LogP) is 3.57. The number of hydrogen-bond acceptors (Lipinski definition) is 5. The van der Waals surface area contributed by atoms with Gasteiger partial charge >= 0.3 is 25.7 Å². The lowest BCUT2D eigenvalue weighted by atomic mass is 11.0. The summed E-state index contributed by atoms with van der Waals surface area (Å²) in [6.45, 7) is 17.0. The van der Waals surface area contributed by atoms with Gasteiger partial charge in [-0.05, 0) is 51.9 Å². The third-order valence-corrected chi connectivity index (χ3v) is 17.5. The Labute approximate surface area is 135 Å². The van der Waals surface area contributed by atoms with Crippen molar-refractivity contribution < 1.29 is 21.5 Å². The van der Waals surface area contributed by atoms with Crippen molar-refractivity contribution in [2.24, 2.45) is 0 Å². The standard InChI is InChI=1S/C12H34O5Si4/c1-11-20(9,14-3)17-21(10,12-13-2)16-19(7,8)15-18(4,5)6/h11-12H2,1-10H3. The van der Waals surface area contributed by atoms with Gasteiger partial charge in [0, 0.05) is 14.2 Å². The molecule has 0 aliphatic rings. The van der Waals surface area contributed by atoms with Crippen LogP contribution in [0.2, 0.25) is 51.9 Å². The van der Waals surface area contributed by atoms with E-state index in [1.54, 1.807) is 14.2 Å². The molecule has 0 aliphatic heterocycles. The maximum Gasteiger partial charge on any atom is 0.344 e. The van der Waals surface area contributed by atoms with E-state index in [0.29, 0.717) is 6.23 Å². The van der Waals surface area contributed by atoms with Crippen molar-refractivity contribution in [2.45, 2.75) is 58.8 Å². The van der Waals surface area contributed by atoms with E-state index in [2.05, 4.69) is 52.8 Å². The van der Waals surface area contributed by atoms with Gasteiger partial charge < -0.3 is 21.5 Å². The molecule has 2 atom stereocenters. The van der Waals surface area contributed by atoms with Crippen LogP contribution in [-0.2, 0) is 21.5 Å². The van der Waals surface area contributed by atoms with E-state index in [9.17, 15) is 0 Å². The molecule has 9 heteroatoms. The normalized spacial score (nSPS) is 19.1. The maximum atomic E-state index is 6.44. The first-order valence-corrected chi connectivity index (χ1v) is 18.7. The summed E-state index contributed by atoms with van der Waals surface area (Å²) in [6.07, 6.45) is 0.491. The van der Waals surface area contributed by atoms with Crippen molar-refractivity contribution >= 4 is 34.0 Å². The summed E-state index contributed by atoms with van der Waals surface area (Å²) in [5.74, 6) is 0. The molecule has 0 heterocycles. The molecule has 0 radical (unpaired) electrons. The number of hydrogen-bond donors (Lipinski definition) is 0. The fourth-order valence-electron chi connectivity index (χ4n) is 2.33. The molecule has 0 spiro atoms. The number of ether oxygens (including phenoxy) is 1. The monoisotopic (exact) mass is 370 g/mol. The lowest BCUT2D eigenvalue weighted by Crippen LogP contribution is -2.60. The van der Waals surface area contributed by atoms with E-state index in [4.69, 9.17) is 21.5 Å². The topological polar surface area (TPSA) is 46.2 Å². The fraction of sp³-hybridized carbons (Fsp3) is 1.00. The molecule has 0 saturated heterocycles. The van der Waals surface area contributed by atoms with Crippen molar-refractivity contribution in [3.63, 3.8) is 0 Å². The van der Waals surface area contributed by atoms with E-state index in [-0.39, 0.29) is 0 Å². The summed E-state index contributed by atoms with van der Waals surface area (Å²) >= 11 is 0. The molecule has 0 rings (SSSR count). The smallest absolute Gasteiger partial charge is 0.344 e. The molecule has 128 valence electrons. The second-order valence-electron chi connectivity index (χ2n) is 7.08. The lowest BCUT2D eigenvalue weighted by molar-refractivity contribution is 0.185. The minimum atomic E-state index is -2.49. The Kier molecular flexibility index (Phi) is 8.23. The van der Waals surface area contributed by atoms with Crippen molar-refractivity contribution in [3.05, 3.63) is 0 Å². The zero-order chi connectivity index (χ0) is 16.9. The third kappa shape index (κ3) is 8.76. The van der Waals surface area contributed by atoms with Crippen LogP contribution in [0.4, 0.5) is 0 Å². The van der Waals surface area contributed by atoms with Gasteiger partial charge in [-0.15, -0.1) is 0 Å². The molecular formula is C12H34O5Si4. The first-order chi connectivity index (χ1) is 9.30. The number of methoxy groups -OCH3 is 1. The molecule has 0 bridgehead atoms. The SMILES string of the molecule is CC[Si](C)(OC)O[Si](C)(COC)O[Si](C)(C)O[Si](C)(C)C. The molecule has 5 nitrogen and oxygen atoms in total. The molecule has 0 aromatic heterocycles. The fourth-order valence-corrected chi connectivity index (χ4v) is 19.3. The van der Waals surface area contributed by atoms with Crippen LogP contribution >= 0.6 is 0 Å². The van der Waals surface area contributed by atoms with Gasteiger partial charge in [0.1, 0.15) is 0 Å². The zero-order valence-corrected chi connectivity index (χ0v) is 19.5. The first kappa shape index (κ1) is 21.7. The van der Waals surface area contributed by atoms with Crippen LogP contribution in [-0.4, -0.2) is 54.4 Å². The van der Waals surface area contributed by atoms with Gasteiger partial charge in [-0.3, -0.25) is 0 Å². The average molecular weight is 371 g/mol. The zero-order valence-electron chi connectivity index (χ0n) is 15.5. The highest BCUT2D eigenvalue weighted by atomic mass is 28.5. The van der Waals surface area contributed by atoms with Gasteiger partial charge in [-0.25, -0.2) is 0 Å². The summed E-state index contributed by atoms with van der Waals surface area (Å²) in [5.41, 5.74) is 0. The Bertz CT molecular complexity index is 317. The quantitative estimate of drug-likeness (QED) is 0.550. The predicted molar refractivity (Wildman–Crippen MR) is 96.7 cm³/mol. The van der Waals surface area contributed by atoms with Crippen LogP contribution in [0.5, 0.6) is 0 Å². The van der Waals surface area contributed by atoms with E-state index in [0.717, 1.165) is 6.04 Å². The van der Waals surface area contributed by atoms with Crippen LogP contribution in [0.15, 0.2) is 0 Å². The molecule has 0 saturated carbocycles. The summed E-state index contributed by atoms with van der Waals surface area (Å²) < 4.78 is 30.1. The van der Waals surface area contributed by atoms with Crippen LogP contribution in [0.3, 0.4) is 0 Å². The molecule has 2 unspecified atom stereocenters. The molecule has 0 aliphatic carbocycles. The second-order valence-corrected chi connectivity index (χ2v) is 22.5. The van der Waals surface area contributed by atoms with E-state index >= 15 is 0 Å². The largest absolute Gasteiger partial charge is 0.437 e. The summed E-state index contributed by atoms with van der Waals surface area (Å²) in [5, 5.41) is 0. The summed E-state index contributed by atoms with van der Waals surface area (Å²) in [6, 6.07) is 0.885. The van der Waals surface area contributed by atoms with Crippen molar-refractivity contribution in [1.29, 1.82) is 0 Å². The van der Waals surface area contributed by atoms with E-state index < -0.39 is 34.0 Å². The number of rotatable bonds is 10. The molecule has 0 amide bonds.